The van der Waals surface area contributed by atoms with Crippen LogP contribution in [0.25, 0.3) is 0 Å². The smallest absolute Gasteiger partial charge is 0.315 e. The number of nitro benzene ring substituents is 1. The number of benzene rings is 1. The van der Waals surface area contributed by atoms with Crippen LogP contribution in [0.1, 0.15) is 0 Å². The molecule has 0 heterocycles. The lowest BCUT2D eigenvalue weighted by atomic mass is 10.2. The maximum absolute atomic E-state index is 10.5. The molecule has 1 N–H and O–H groups in total. The first-order valence-corrected chi connectivity index (χ1v) is 3.70. The van der Waals surface area contributed by atoms with Gasteiger partial charge in [0.2, 0.25) is 11.5 Å². The van der Waals surface area contributed by atoms with Crippen molar-refractivity contribution in [3.8, 4) is 17.2 Å². The predicted octanol–water partition coefficient (Wildman–Crippen LogP) is 1.32. The summed E-state index contributed by atoms with van der Waals surface area (Å²) in [7, 11) is 2.59. The van der Waals surface area contributed by atoms with E-state index in [0.717, 1.165) is 0 Å². The molecule has 0 aliphatic heterocycles. The average Bonchev–Trinajstić information content (AvgIpc) is 2.17. The minimum atomic E-state index is -0.641. The van der Waals surface area contributed by atoms with Crippen LogP contribution in [0.15, 0.2) is 12.1 Å². The van der Waals surface area contributed by atoms with Gasteiger partial charge >= 0.3 is 5.69 Å². The Labute approximate surface area is 79.8 Å². The fourth-order valence-electron chi connectivity index (χ4n) is 1.05. The van der Waals surface area contributed by atoms with Crippen molar-refractivity contribution in [2.75, 3.05) is 14.2 Å². The summed E-state index contributed by atoms with van der Waals surface area (Å²) in [6, 6.07) is 2.51. The zero-order valence-electron chi connectivity index (χ0n) is 7.68. The van der Waals surface area contributed by atoms with Gasteiger partial charge in [0, 0.05) is 6.07 Å². The number of rotatable bonds is 3. The van der Waals surface area contributed by atoms with Crippen LogP contribution in [-0.2, 0) is 0 Å². The van der Waals surface area contributed by atoms with E-state index in [2.05, 4.69) is 0 Å². The number of aromatic hydroxyl groups is 1. The number of methoxy groups -OCH3 is 2. The molecule has 0 fully saturated rings. The van der Waals surface area contributed by atoms with Crippen LogP contribution in [0.5, 0.6) is 17.2 Å². The molecule has 0 aliphatic carbocycles. The van der Waals surface area contributed by atoms with Crippen LogP contribution in [0.3, 0.4) is 0 Å². The first-order valence-electron chi connectivity index (χ1n) is 3.70. The van der Waals surface area contributed by atoms with E-state index >= 15 is 0 Å². The highest BCUT2D eigenvalue weighted by Gasteiger charge is 2.21. The molecule has 14 heavy (non-hydrogen) atoms. The first-order chi connectivity index (χ1) is 6.61. The highest BCUT2D eigenvalue weighted by molar-refractivity contribution is 5.61. The Bertz CT molecular complexity index is 363. The lowest BCUT2D eigenvalue weighted by Crippen LogP contribution is -1.95. The molecule has 0 bridgehead atoms. The average molecular weight is 199 g/mol. The Morgan fingerprint density at radius 1 is 1.36 bits per heavy atom. The first kappa shape index (κ1) is 10.1. The summed E-state index contributed by atoms with van der Waals surface area (Å²) in [6.07, 6.45) is 0. The molecule has 76 valence electrons. The lowest BCUT2D eigenvalue weighted by Gasteiger charge is -2.07. The second kappa shape index (κ2) is 3.82. The van der Waals surface area contributed by atoms with E-state index in [1.54, 1.807) is 0 Å². The minimum Gasteiger partial charge on any atom is -0.502 e. The molecule has 1 aromatic rings. The van der Waals surface area contributed by atoms with Crippen molar-refractivity contribution in [2.45, 2.75) is 0 Å². The number of nitrogens with zero attached hydrogens (tertiary/aromatic N) is 1. The molecule has 0 radical (unpaired) electrons. The van der Waals surface area contributed by atoms with Crippen LogP contribution in [0.2, 0.25) is 0 Å². The zero-order chi connectivity index (χ0) is 10.7. The number of hydrogen-bond acceptors (Lipinski definition) is 5. The largest absolute Gasteiger partial charge is 0.502 e. The number of phenols is 1. The molecule has 0 spiro atoms. The quantitative estimate of drug-likeness (QED) is 0.586. The van der Waals surface area contributed by atoms with E-state index in [1.807, 2.05) is 0 Å². The third kappa shape index (κ3) is 1.54. The highest BCUT2D eigenvalue weighted by Crippen LogP contribution is 2.42. The van der Waals surface area contributed by atoms with Gasteiger partial charge in [0.05, 0.1) is 19.1 Å². The maximum Gasteiger partial charge on any atom is 0.315 e. The molecule has 0 amide bonds. The third-order valence-corrected chi connectivity index (χ3v) is 1.69. The van der Waals surface area contributed by atoms with Gasteiger partial charge in [-0.2, -0.15) is 0 Å². The molecule has 1 aromatic carbocycles. The van der Waals surface area contributed by atoms with Crippen LogP contribution in [0.4, 0.5) is 5.69 Å². The van der Waals surface area contributed by atoms with E-state index < -0.39 is 4.92 Å². The normalized spacial score (nSPS) is 9.57. The second-order valence-corrected chi connectivity index (χ2v) is 2.43. The molecule has 1 rings (SSSR count). The van der Waals surface area contributed by atoms with Gasteiger partial charge in [-0.3, -0.25) is 10.1 Å². The Kier molecular flexibility index (Phi) is 2.76. The molecular formula is C8H9NO5. The van der Waals surface area contributed by atoms with Gasteiger partial charge in [-0.25, -0.2) is 0 Å². The van der Waals surface area contributed by atoms with Crippen LogP contribution >= 0.6 is 0 Å². The highest BCUT2D eigenvalue weighted by atomic mass is 16.6. The van der Waals surface area contributed by atoms with E-state index in [-0.39, 0.29) is 22.9 Å². The SMILES string of the molecule is COc1ccc([N+](=O)[O-])c(OC)c1O. The van der Waals surface area contributed by atoms with E-state index in [4.69, 9.17) is 9.47 Å². The summed E-state index contributed by atoms with van der Waals surface area (Å²) < 4.78 is 9.48. The number of nitro groups is 1. The van der Waals surface area contributed by atoms with Gasteiger partial charge in [0.1, 0.15) is 0 Å². The van der Waals surface area contributed by atoms with Gasteiger partial charge in [0.25, 0.3) is 0 Å². The van der Waals surface area contributed by atoms with Crippen molar-refractivity contribution in [3.05, 3.63) is 22.2 Å². The molecule has 6 nitrogen and oxygen atoms in total. The fraction of sp³-hybridized carbons (Fsp3) is 0.250. The summed E-state index contributed by atoms with van der Waals surface area (Å²) >= 11 is 0. The van der Waals surface area contributed by atoms with Gasteiger partial charge in [0.15, 0.2) is 5.75 Å². The zero-order valence-corrected chi connectivity index (χ0v) is 7.68. The predicted molar refractivity (Wildman–Crippen MR) is 47.9 cm³/mol. The summed E-state index contributed by atoms with van der Waals surface area (Å²) in [6.45, 7) is 0. The van der Waals surface area contributed by atoms with Gasteiger partial charge < -0.3 is 14.6 Å². The number of hydrogen-bond donors (Lipinski definition) is 1. The van der Waals surface area contributed by atoms with Crippen LogP contribution < -0.4 is 9.47 Å². The Morgan fingerprint density at radius 3 is 2.43 bits per heavy atom. The molecule has 0 aromatic heterocycles. The van der Waals surface area contributed by atoms with Crippen molar-refractivity contribution in [1.29, 1.82) is 0 Å². The summed E-state index contributed by atoms with van der Waals surface area (Å²) in [5.74, 6) is -0.439. The minimum absolute atomic E-state index is 0.132. The summed E-state index contributed by atoms with van der Waals surface area (Å²) in [5, 5.41) is 20.0. The van der Waals surface area contributed by atoms with E-state index in [1.165, 1.54) is 26.4 Å². The standard InChI is InChI=1S/C8H9NO5/c1-13-6-4-3-5(9(11)12)8(14-2)7(6)10/h3-4,10H,1-2H3. The molecule has 0 unspecified atom stereocenters. The monoisotopic (exact) mass is 199 g/mol. The Morgan fingerprint density at radius 2 is 2.00 bits per heavy atom. The van der Waals surface area contributed by atoms with Crippen molar-refractivity contribution in [1.82, 2.24) is 0 Å². The molecule has 0 saturated heterocycles. The molecular weight excluding hydrogens is 190 g/mol. The molecule has 0 aliphatic rings. The Hall–Kier alpha value is -1.98. The van der Waals surface area contributed by atoms with Crippen molar-refractivity contribution in [2.24, 2.45) is 0 Å². The second-order valence-electron chi connectivity index (χ2n) is 2.43. The van der Waals surface area contributed by atoms with Crippen LogP contribution in [-0.4, -0.2) is 24.2 Å². The van der Waals surface area contributed by atoms with Gasteiger partial charge in [-0.05, 0) is 6.07 Å². The lowest BCUT2D eigenvalue weighted by molar-refractivity contribution is -0.385. The maximum atomic E-state index is 10.5. The third-order valence-electron chi connectivity index (χ3n) is 1.69. The van der Waals surface area contributed by atoms with E-state index in [0.29, 0.717) is 0 Å². The fourth-order valence-corrected chi connectivity index (χ4v) is 1.05. The van der Waals surface area contributed by atoms with Crippen molar-refractivity contribution < 1.29 is 19.5 Å². The number of ether oxygens (including phenoxy) is 2. The van der Waals surface area contributed by atoms with Gasteiger partial charge in [-0.1, -0.05) is 0 Å². The van der Waals surface area contributed by atoms with E-state index in [9.17, 15) is 15.2 Å². The summed E-state index contributed by atoms with van der Waals surface area (Å²) in [5.41, 5.74) is -0.300. The topological polar surface area (TPSA) is 81.8 Å². The Balaban J connectivity index is 3.35. The molecule has 0 saturated carbocycles. The van der Waals surface area contributed by atoms with Gasteiger partial charge in [-0.15, -0.1) is 0 Å². The van der Waals surface area contributed by atoms with Crippen molar-refractivity contribution >= 4 is 5.69 Å². The van der Waals surface area contributed by atoms with Crippen LogP contribution in [0, 0.1) is 10.1 Å². The molecule has 0 atom stereocenters. The molecule has 6 heteroatoms. The number of phenolic OH excluding ortho intramolecular Hbond substituents is 1. The van der Waals surface area contributed by atoms with Crippen molar-refractivity contribution in [3.63, 3.8) is 0 Å². The summed E-state index contributed by atoms with van der Waals surface area (Å²) in [4.78, 5) is 9.87.